The number of halogens is 2. The quantitative estimate of drug-likeness (QED) is 0.782. The number of benzene rings is 1. The molecule has 96 valence electrons. The highest BCUT2D eigenvalue weighted by Crippen LogP contribution is 2.22. The molecule has 1 heterocycles. The Labute approximate surface area is 116 Å². The number of carbonyl (C=O) groups excluding carboxylic acids is 1. The maximum Gasteiger partial charge on any atom is 0.246 e. The average molecular weight is 286 g/mol. The second-order valence-electron chi connectivity index (χ2n) is 3.94. The van der Waals surface area contributed by atoms with Gasteiger partial charge < -0.3 is 9.64 Å². The van der Waals surface area contributed by atoms with Crippen molar-refractivity contribution in [2.24, 2.45) is 0 Å². The topological polar surface area (TPSA) is 29.5 Å². The Kier molecular flexibility index (Phi) is 4.64. The highest BCUT2D eigenvalue weighted by Gasteiger charge is 2.13. The van der Waals surface area contributed by atoms with Crippen molar-refractivity contribution < 1.29 is 9.53 Å². The van der Waals surface area contributed by atoms with Gasteiger partial charge in [0.2, 0.25) is 5.91 Å². The second kappa shape index (κ2) is 6.23. The zero-order valence-corrected chi connectivity index (χ0v) is 11.2. The van der Waals surface area contributed by atoms with E-state index in [0.29, 0.717) is 36.3 Å². The van der Waals surface area contributed by atoms with Gasteiger partial charge in [0, 0.05) is 29.2 Å². The van der Waals surface area contributed by atoms with Crippen molar-refractivity contribution in [1.82, 2.24) is 4.90 Å². The van der Waals surface area contributed by atoms with Gasteiger partial charge in [-0.15, -0.1) is 0 Å². The van der Waals surface area contributed by atoms with Crippen LogP contribution in [0.3, 0.4) is 0 Å². The number of amides is 1. The Bertz CT molecular complexity index is 468. The van der Waals surface area contributed by atoms with E-state index < -0.39 is 0 Å². The van der Waals surface area contributed by atoms with Gasteiger partial charge in [-0.3, -0.25) is 4.79 Å². The third-order valence-corrected chi connectivity index (χ3v) is 3.25. The van der Waals surface area contributed by atoms with E-state index in [1.165, 1.54) is 6.08 Å². The first-order chi connectivity index (χ1) is 8.66. The van der Waals surface area contributed by atoms with E-state index in [0.717, 1.165) is 5.56 Å². The van der Waals surface area contributed by atoms with Gasteiger partial charge in [-0.25, -0.2) is 0 Å². The zero-order valence-electron chi connectivity index (χ0n) is 9.73. The Morgan fingerprint density at radius 2 is 2.00 bits per heavy atom. The minimum Gasteiger partial charge on any atom is -0.378 e. The van der Waals surface area contributed by atoms with Gasteiger partial charge >= 0.3 is 0 Å². The lowest BCUT2D eigenvalue weighted by Gasteiger charge is -2.25. The molecule has 1 aromatic carbocycles. The molecule has 0 bridgehead atoms. The number of hydrogen-bond donors (Lipinski definition) is 0. The molecule has 18 heavy (non-hydrogen) atoms. The molecule has 0 radical (unpaired) electrons. The summed E-state index contributed by atoms with van der Waals surface area (Å²) < 4.78 is 5.19. The number of ether oxygens (including phenoxy) is 1. The molecule has 0 atom stereocenters. The molecule has 0 aromatic heterocycles. The summed E-state index contributed by atoms with van der Waals surface area (Å²) in [5.41, 5.74) is 0.780. The molecule has 1 amide bonds. The van der Waals surface area contributed by atoms with Crippen molar-refractivity contribution in [2.75, 3.05) is 26.3 Å². The summed E-state index contributed by atoms with van der Waals surface area (Å²) in [4.78, 5) is 13.6. The molecule has 1 saturated heterocycles. The minimum absolute atomic E-state index is 0.0238. The lowest BCUT2D eigenvalue weighted by Crippen LogP contribution is -2.39. The fraction of sp³-hybridized carbons (Fsp3) is 0.308. The van der Waals surface area contributed by atoms with Crippen LogP contribution in [0.5, 0.6) is 0 Å². The molecule has 5 heteroatoms. The predicted molar refractivity (Wildman–Crippen MR) is 72.9 cm³/mol. The van der Waals surface area contributed by atoms with Gasteiger partial charge in [0.1, 0.15) is 0 Å². The lowest BCUT2D eigenvalue weighted by molar-refractivity contribution is -0.129. The molecule has 0 saturated carbocycles. The number of carbonyl (C=O) groups is 1. The van der Waals surface area contributed by atoms with Crippen LogP contribution in [0.25, 0.3) is 6.08 Å². The Morgan fingerprint density at radius 3 is 2.67 bits per heavy atom. The van der Waals surface area contributed by atoms with E-state index in [1.54, 1.807) is 29.2 Å². The molecule has 0 aliphatic carbocycles. The van der Waals surface area contributed by atoms with Gasteiger partial charge in [-0.05, 0) is 23.8 Å². The summed E-state index contributed by atoms with van der Waals surface area (Å²) in [6.45, 7) is 2.47. The van der Waals surface area contributed by atoms with E-state index >= 15 is 0 Å². The lowest BCUT2D eigenvalue weighted by atomic mass is 10.2. The maximum atomic E-state index is 11.9. The standard InChI is InChI=1S/C13H13Cl2NO2/c14-11-3-1-10(12(15)9-11)2-4-13(17)16-5-7-18-8-6-16/h1-4,9H,5-8H2/b4-2+. The number of hydrogen-bond acceptors (Lipinski definition) is 2. The molecule has 2 rings (SSSR count). The third kappa shape index (κ3) is 3.48. The van der Waals surface area contributed by atoms with E-state index in [1.807, 2.05) is 0 Å². The molecule has 1 fully saturated rings. The Morgan fingerprint density at radius 1 is 1.28 bits per heavy atom. The monoisotopic (exact) mass is 285 g/mol. The molecular formula is C13H13Cl2NO2. The minimum atomic E-state index is -0.0238. The molecule has 0 spiro atoms. The SMILES string of the molecule is O=C(/C=C/c1ccc(Cl)cc1Cl)N1CCOCC1. The highest BCUT2D eigenvalue weighted by atomic mass is 35.5. The van der Waals surface area contributed by atoms with Gasteiger partial charge in [-0.1, -0.05) is 29.3 Å². The largest absolute Gasteiger partial charge is 0.378 e. The van der Waals surface area contributed by atoms with Gasteiger partial charge in [0.05, 0.1) is 13.2 Å². The normalized spacial score (nSPS) is 16.2. The van der Waals surface area contributed by atoms with Crippen LogP contribution in [0, 0.1) is 0 Å². The Hall–Kier alpha value is -1.03. The predicted octanol–water partition coefficient (Wildman–Crippen LogP) is 2.87. The van der Waals surface area contributed by atoms with E-state index in [9.17, 15) is 4.79 Å². The first-order valence-corrected chi connectivity index (χ1v) is 6.42. The van der Waals surface area contributed by atoms with E-state index in [-0.39, 0.29) is 5.91 Å². The van der Waals surface area contributed by atoms with Crippen LogP contribution < -0.4 is 0 Å². The molecule has 1 aliphatic rings. The first-order valence-electron chi connectivity index (χ1n) is 5.66. The number of morpholine rings is 1. The molecule has 3 nitrogen and oxygen atoms in total. The van der Waals surface area contributed by atoms with E-state index in [4.69, 9.17) is 27.9 Å². The van der Waals surface area contributed by atoms with Gasteiger partial charge in [0.25, 0.3) is 0 Å². The van der Waals surface area contributed by atoms with Crippen LogP contribution in [-0.2, 0) is 9.53 Å². The molecule has 1 aliphatic heterocycles. The molecular weight excluding hydrogens is 273 g/mol. The van der Waals surface area contributed by atoms with Crippen LogP contribution in [0.2, 0.25) is 10.0 Å². The van der Waals surface area contributed by atoms with Crippen molar-refractivity contribution in [3.8, 4) is 0 Å². The fourth-order valence-corrected chi connectivity index (χ4v) is 2.16. The van der Waals surface area contributed by atoms with Crippen LogP contribution in [0.1, 0.15) is 5.56 Å². The van der Waals surface area contributed by atoms with Gasteiger partial charge in [0.15, 0.2) is 0 Å². The zero-order chi connectivity index (χ0) is 13.0. The number of nitrogens with zero attached hydrogens (tertiary/aromatic N) is 1. The van der Waals surface area contributed by atoms with Crippen molar-refractivity contribution in [2.45, 2.75) is 0 Å². The second-order valence-corrected chi connectivity index (χ2v) is 4.78. The van der Waals surface area contributed by atoms with Crippen LogP contribution in [0.4, 0.5) is 0 Å². The van der Waals surface area contributed by atoms with Crippen molar-refractivity contribution >= 4 is 35.2 Å². The summed E-state index contributed by atoms with van der Waals surface area (Å²) in [6, 6.07) is 5.18. The molecule has 1 aromatic rings. The van der Waals surface area contributed by atoms with Crippen molar-refractivity contribution in [3.63, 3.8) is 0 Å². The summed E-state index contributed by atoms with van der Waals surface area (Å²) in [7, 11) is 0. The summed E-state index contributed by atoms with van der Waals surface area (Å²) >= 11 is 11.8. The summed E-state index contributed by atoms with van der Waals surface area (Å²) in [6.07, 6.45) is 3.23. The number of rotatable bonds is 2. The summed E-state index contributed by atoms with van der Waals surface area (Å²) in [5.74, 6) is -0.0238. The van der Waals surface area contributed by atoms with Crippen LogP contribution >= 0.6 is 23.2 Å². The van der Waals surface area contributed by atoms with Crippen molar-refractivity contribution in [1.29, 1.82) is 0 Å². The molecule has 0 N–H and O–H groups in total. The highest BCUT2D eigenvalue weighted by molar-refractivity contribution is 6.35. The third-order valence-electron chi connectivity index (χ3n) is 2.69. The maximum absolute atomic E-state index is 11.9. The first kappa shape index (κ1) is 13.4. The average Bonchev–Trinajstić information content (AvgIpc) is 2.38. The van der Waals surface area contributed by atoms with Crippen LogP contribution in [-0.4, -0.2) is 37.1 Å². The molecule has 0 unspecified atom stereocenters. The van der Waals surface area contributed by atoms with Gasteiger partial charge in [-0.2, -0.15) is 0 Å². The van der Waals surface area contributed by atoms with E-state index in [2.05, 4.69) is 0 Å². The van der Waals surface area contributed by atoms with Crippen LogP contribution in [0.15, 0.2) is 24.3 Å². The fourth-order valence-electron chi connectivity index (χ4n) is 1.69. The van der Waals surface area contributed by atoms with Crippen molar-refractivity contribution in [3.05, 3.63) is 39.9 Å². The Balaban J connectivity index is 2.03. The smallest absolute Gasteiger partial charge is 0.246 e. The summed E-state index contributed by atoms with van der Waals surface area (Å²) in [5, 5.41) is 1.12.